The number of amides is 1. The lowest BCUT2D eigenvalue weighted by Gasteiger charge is -2.30. The molecule has 0 aliphatic heterocycles. The van der Waals surface area contributed by atoms with E-state index in [1.54, 1.807) is 0 Å². The van der Waals surface area contributed by atoms with Gasteiger partial charge in [-0.15, -0.1) is 0 Å². The lowest BCUT2D eigenvalue weighted by Crippen LogP contribution is -2.40. The van der Waals surface area contributed by atoms with E-state index in [0.717, 1.165) is 6.54 Å². The second-order valence-corrected chi connectivity index (χ2v) is 5.86. The molecule has 1 amide bonds. The fraction of sp³-hybridized carbons (Fsp3) is 0.923. The number of hydrogen-bond acceptors (Lipinski definition) is 1. The van der Waals surface area contributed by atoms with E-state index in [9.17, 15) is 4.79 Å². The van der Waals surface area contributed by atoms with Crippen LogP contribution < -0.4 is 0 Å². The summed E-state index contributed by atoms with van der Waals surface area (Å²) in [4.78, 5) is 14.2. The van der Waals surface area contributed by atoms with Gasteiger partial charge in [-0.05, 0) is 25.2 Å². The molecule has 0 aromatic heterocycles. The van der Waals surface area contributed by atoms with Crippen molar-refractivity contribution in [1.29, 1.82) is 0 Å². The average Bonchev–Trinajstić information content (AvgIpc) is 2.54. The van der Waals surface area contributed by atoms with Gasteiger partial charge in [0.05, 0.1) is 0 Å². The summed E-state index contributed by atoms with van der Waals surface area (Å²) < 4.78 is 0. The first-order valence-corrected chi connectivity index (χ1v) is 6.23. The van der Waals surface area contributed by atoms with Gasteiger partial charge in [0, 0.05) is 19.0 Å². The van der Waals surface area contributed by atoms with Gasteiger partial charge >= 0.3 is 0 Å². The summed E-state index contributed by atoms with van der Waals surface area (Å²) in [5.41, 5.74) is 0.114. The predicted octanol–water partition coefficient (Wildman–Crippen LogP) is 3.21. The van der Waals surface area contributed by atoms with E-state index in [0.29, 0.717) is 18.4 Å². The van der Waals surface area contributed by atoms with Gasteiger partial charge in [0.2, 0.25) is 5.91 Å². The van der Waals surface area contributed by atoms with Crippen LogP contribution in [0.25, 0.3) is 0 Å². The summed E-state index contributed by atoms with van der Waals surface area (Å²) in [7, 11) is 0. The maximum Gasteiger partial charge on any atom is 0.223 e. The molecule has 1 aliphatic carbocycles. The van der Waals surface area contributed by atoms with Crippen molar-refractivity contribution in [3.8, 4) is 0 Å². The first-order chi connectivity index (χ1) is 6.94. The second kappa shape index (κ2) is 5.00. The molecule has 0 aromatic rings. The van der Waals surface area contributed by atoms with Crippen molar-refractivity contribution >= 4 is 5.91 Å². The highest BCUT2D eigenvalue weighted by atomic mass is 16.2. The summed E-state index contributed by atoms with van der Waals surface area (Å²) in [6.07, 6.45) is 5.69. The predicted molar refractivity (Wildman–Crippen MR) is 63.7 cm³/mol. The van der Waals surface area contributed by atoms with E-state index in [4.69, 9.17) is 0 Å². The molecule has 0 saturated heterocycles. The highest BCUT2D eigenvalue weighted by Crippen LogP contribution is 2.26. The highest BCUT2D eigenvalue weighted by molar-refractivity contribution is 5.77. The molecule has 0 radical (unpaired) electrons. The Hall–Kier alpha value is -0.530. The van der Waals surface area contributed by atoms with Gasteiger partial charge in [0.25, 0.3) is 0 Å². The molecule has 0 N–H and O–H groups in total. The molecule has 0 atom stereocenters. The Morgan fingerprint density at radius 1 is 1.27 bits per heavy atom. The number of rotatable bonds is 3. The fourth-order valence-electron chi connectivity index (χ4n) is 2.41. The van der Waals surface area contributed by atoms with Crippen molar-refractivity contribution in [3.63, 3.8) is 0 Å². The van der Waals surface area contributed by atoms with Gasteiger partial charge in [-0.3, -0.25) is 4.79 Å². The van der Waals surface area contributed by atoms with E-state index in [1.165, 1.54) is 25.7 Å². The van der Waals surface area contributed by atoms with Crippen molar-refractivity contribution < 1.29 is 4.79 Å². The molecule has 1 saturated carbocycles. The molecule has 0 aromatic carbocycles. The van der Waals surface area contributed by atoms with E-state index < -0.39 is 0 Å². The first-order valence-electron chi connectivity index (χ1n) is 6.23. The van der Waals surface area contributed by atoms with Crippen molar-refractivity contribution in [2.24, 2.45) is 5.41 Å². The minimum absolute atomic E-state index is 0.114. The van der Waals surface area contributed by atoms with E-state index in [2.05, 4.69) is 32.6 Å². The maximum atomic E-state index is 12.1. The van der Waals surface area contributed by atoms with Crippen LogP contribution in [-0.2, 0) is 4.79 Å². The largest absolute Gasteiger partial charge is 0.340 e. The molecule has 1 aliphatic rings. The van der Waals surface area contributed by atoms with Crippen molar-refractivity contribution in [1.82, 2.24) is 4.90 Å². The SMILES string of the molecule is CCN(C(=O)CC(C)(C)C)C1CCCC1. The molecule has 88 valence electrons. The Labute approximate surface area is 94.0 Å². The standard InChI is InChI=1S/C13H25NO/c1-5-14(11-8-6-7-9-11)12(15)10-13(2,3)4/h11H,5-10H2,1-4H3. The summed E-state index contributed by atoms with van der Waals surface area (Å²) >= 11 is 0. The summed E-state index contributed by atoms with van der Waals surface area (Å²) in [6.45, 7) is 9.37. The highest BCUT2D eigenvalue weighted by Gasteiger charge is 2.27. The lowest BCUT2D eigenvalue weighted by molar-refractivity contribution is -0.135. The minimum Gasteiger partial charge on any atom is -0.340 e. The Kier molecular flexibility index (Phi) is 4.18. The number of hydrogen-bond donors (Lipinski definition) is 0. The fourth-order valence-corrected chi connectivity index (χ4v) is 2.41. The van der Waals surface area contributed by atoms with Crippen LogP contribution >= 0.6 is 0 Å². The quantitative estimate of drug-likeness (QED) is 0.702. The number of carbonyl (C=O) groups excluding carboxylic acids is 1. The van der Waals surface area contributed by atoms with Crippen LogP contribution in [0.3, 0.4) is 0 Å². The molecule has 1 fully saturated rings. The number of nitrogens with zero attached hydrogens (tertiary/aromatic N) is 1. The Balaban J connectivity index is 2.53. The third kappa shape index (κ3) is 3.84. The molecule has 1 rings (SSSR count). The monoisotopic (exact) mass is 211 g/mol. The summed E-state index contributed by atoms with van der Waals surface area (Å²) in [5.74, 6) is 0.344. The van der Waals surface area contributed by atoms with Crippen molar-refractivity contribution in [3.05, 3.63) is 0 Å². The molecule has 0 bridgehead atoms. The van der Waals surface area contributed by atoms with E-state index >= 15 is 0 Å². The van der Waals surface area contributed by atoms with Crippen LogP contribution in [0, 0.1) is 5.41 Å². The molecular formula is C13H25NO. The van der Waals surface area contributed by atoms with Crippen LogP contribution in [0.4, 0.5) is 0 Å². The van der Waals surface area contributed by atoms with Crippen molar-refractivity contribution in [2.45, 2.75) is 65.8 Å². The average molecular weight is 211 g/mol. The Morgan fingerprint density at radius 2 is 1.80 bits per heavy atom. The van der Waals surface area contributed by atoms with E-state index in [1.807, 2.05) is 0 Å². The van der Waals surface area contributed by atoms with Gasteiger partial charge in [-0.25, -0.2) is 0 Å². The third-order valence-corrected chi connectivity index (χ3v) is 3.11. The van der Waals surface area contributed by atoms with Gasteiger partial charge in [0.15, 0.2) is 0 Å². The normalized spacial score (nSPS) is 18.1. The van der Waals surface area contributed by atoms with Crippen LogP contribution in [0.15, 0.2) is 0 Å². The van der Waals surface area contributed by atoms with E-state index in [-0.39, 0.29) is 5.41 Å². The Morgan fingerprint density at radius 3 is 2.20 bits per heavy atom. The lowest BCUT2D eigenvalue weighted by atomic mass is 9.91. The maximum absolute atomic E-state index is 12.1. The molecule has 0 unspecified atom stereocenters. The number of carbonyl (C=O) groups is 1. The van der Waals surface area contributed by atoms with Crippen LogP contribution in [-0.4, -0.2) is 23.4 Å². The third-order valence-electron chi connectivity index (χ3n) is 3.11. The first kappa shape index (κ1) is 12.5. The van der Waals surface area contributed by atoms with Crippen LogP contribution in [0.1, 0.15) is 59.8 Å². The van der Waals surface area contributed by atoms with Crippen molar-refractivity contribution in [2.75, 3.05) is 6.54 Å². The molecule has 0 heterocycles. The van der Waals surface area contributed by atoms with Crippen LogP contribution in [0.2, 0.25) is 0 Å². The second-order valence-electron chi connectivity index (χ2n) is 5.86. The summed E-state index contributed by atoms with van der Waals surface area (Å²) in [5, 5.41) is 0. The van der Waals surface area contributed by atoms with Gasteiger partial charge < -0.3 is 4.90 Å². The Bertz CT molecular complexity index is 211. The molecule has 2 heteroatoms. The summed E-state index contributed by atoms with van der Waals surface area (Å²) in [6, 6.07) is 0.532. The molecular weight excluding hydrogens is 186 g/mol. The zero-order valence-electron chi connectivity index (χ0n) is 10.7. The van der Waals surface area contributed by atoms with Gasteiger partial charge in [-0.2, -0.15) is 0 Å². The smallest absolute Gasteiger partial charge is 0.223 e. The molecule has 0 spiro atoms. The van der Waals surface area contributed by atoms with Gasteiger partial charge in [-0.1, -0.05) is 33.6 Å². The van der Waals surface area contributed by atoms with Crippen LogP contribution in [0.5, 0.6) is 0 Å². The molecule has 15 heavy (non-hydrogen) atoms. The van der Waals surface area contributed by atoms with Gasteiger partial charge in [0.1, 0.15) is 0 Å². The molecule has 2 nitrogen and oxygen atoms in total. The zero-order valence-corrected chi connectivity index (χ0v) is 10.7. The minimum atomic E-state index is 0.114. The zero-order chi connectivity index (χ0) is 11.5. The topological polar surface area (TPSA) is 20.3 Å².